The van der Waals surface area contributed by atoms with Crippen LogP contribution in [0.4, 0.5) is 0 Å². The highest BCUT2D eigenvalue weighted by Gasteiger charge is 2.13. The van der Waals surface area contributed by atoms with Gasteiger partial charge in [-0.25, -0.2) is 0 Å². The third-order valence-electron chi connectivity index (χ3n) is 2.65. The first-order valence-electron chi connectivity index (χ1n) is 5.68. The van der Waals surface area contributed by atoms with E-state index in [-0.39, 0.29) is 5.56 Å². The van der Waals surface area contributed by atoms with Gasteiger partial charge in [0.05, 0.1) is 24.2 Å². The molecule has 0 spiro atoms. The summed E-state index contributed by atoms with van der Waals surface area (Å²) in [5.74, 6) is 0.654. The molecular weight excluding hydrogens is 250 g/mol. The molecule has 0 bridgehead atoms. The molecule has 0 aliphatic rings. The predicted octanol–water partition coefficient (Wildman–Crippen LogP) is 1.88. The number of methoxy groups -OCH3 is 1. The van der Waals surface area contributed by atoms with E-state index in [9.17, 15) is 4.79 Å². The lowest BCUT2D eigenvalue weighted by molar-refractivity contribution is 0.403. The minimum absolute atomic E-state index is 0.136. The van der Waals surface area contributed by atoms with Gasteiger partial charge in [0.15, 0.2) is 5.75 Å². The van der Waals surface area contributed by atoms with Crippen LogP contribution in [-0.2, 0) is 6.54 Å². The number of hydrogen-bond donors (Lipinski definition) is 0. The largest absolute Gasteiger partial charge is 0.491 e. The first-order chi connectivity index (χ1) is 8.63. The van der Waals surface area contributed by atoms with Crippen molar-refractivity contribution in [1.82, 2.24) is 14.2 Å². The highest BCUT2D eigenvalue weighted by molar-refractivity contribution is 7.05. The van der Waals surface area contributed by atoms with E-state index in [1.807, 2.05) is 0 Å². The van der Waals surface area contributed by atoms with Crippen molar-refractivity contribution in [3.63, 3.8) is 0 Å². The molecule has 96 valence electrons. The van der Waals surface area contributed by atoms with Crippen LogP contribution in [-0.4, -0.2) is 21.3 Å². The first kappa shape index (κ1) is 12.8. The zero-order chi connectivity index (χ0) is 13.1. The summed E-state index contributed by atoms with van der Waals surface area (Å²) in [5.41, 5.74) is 0.817. The third kappa shape index (κ3) is 2.43. The SMILES string of the molecule is COc1cccn(Cc2snnc2C(C)C)c1=O. The summed E-state index contributed by atoms with van der Waals surface area (Å²) in [6, 6.07) is 3.46. The van der Waals surface area contributed by atoms with Gasteiger partial charge in [0.1, 0.15) is 0 Å². The smallest absolute Gasteiger partial charge is 0.293 e. The molecule has 2 rings (SSSR count). The number of hydrogen-bond acceptors (Lipinski definition) is 5. The van der Waals surface area contributed by atoms with Crippen molar-refractivity contribution in [3.8, 4) is 5.75 Å². The Balaban J connectivity index is 2.35. The van der Waals surface area contributed by atoms with Crippen LogP contribution in [0.15, 0.2) is 23.1 Å². The summed E-state index contributed by atoms with van der Waals surface area (Å²) in [4.78, 5) is 13.0. The van der Waals surface area contributed by atoms with E-state index in [2.05, 4.69) is 23.4 Å². The van der Waals surface area contributed by atoms with Crippen LogP contribution in [0.5, 0.6) is 5.75 Å². The molecule has 0 radical (unpaired) electrons. The summed E-state index contributed by atoms with van der Waals surface area (Å²) in [6.07, 6.45) is 1.74. The molecule has 0 aliphatic heterocycles. The maximum absolute atomic E-state index is 12.0. The minimum Gasteiger partial charge on any atom is -0.491 e. The summed E-state index contributed by atoms with van der Waals surface area (Å²) in [5, 5.41) is 4.11. The van der Waals surface area contributed by atoms with Crippen LogP contribution in [0.3, 0.4) is 0 Å². The van der Waals surface area contributed by atoms with Crippen molar-refractivity contribution in [3.05, 3.63) is 39.3 Å². The number of aromatic nitrogens is 3. The molecular formula is C12H15N3O2S. The minimum atomic E-state index is -0.136. The second-order valence-corrected chi connectivity index (χ2v) is 5.08. The number of ether oxygens (including phenoxy) is 1. The average molecular weight is 265 g/mol. The Morgan fingerprint density at radius 1 is 1.50 bits per heavy atom. The lowest BCUT2D eigenvalue weighted by Crippen LogP contribution is -2.21. The Morgan fingerprint density at radius 2 is 2.28 bits per heavy atom. The van der Waals surface area contributed by atoms with Gasteiger partial charge in [0.25, 0.3) is 5.56 Å². The molecule has 0 saturated carbocycles. The van der Waals surface area contributed by atoms with E-state index in [0.29, 0.717) is 18.2 Å². The fourth-order valence-corrected chi connectivity index (χ4v) is 2.51. The predicted molar refractivity (Wildman–Crippen MR) is 70.4 cm³/mol. The van der Waals surface area contributed by atoms with Gasteiger partial charge in [0.2, 0.25) is 0 Å². The molecule has 2 heterocycles. The van der Waals surface area contributed by atoms with Crippen LogP contribution < -0.4 is 10.3 Å². The van der Waals surface area contributed by atoms with Gasteiger partial charge in [-0.1, -0.05) is 18.3 Å². The van der Waals surface area contributed by atoms with E-state index in [1.165, 1.54) is 18.6 Å². The Morgan fingerprint density at radius 3 is 2.94 bits per heavy atom. The average Bonchev–Trinajstić information content (AvgIpc) is 2.80. The van der Waals surface area contributed by atoms with Gasteiger partial charge in [-0.15, -0.1) is 5.10 Å². The molecule has 0 atom stereocenters. The van der Waals surface area contributed by atoms with Gasteiger partial charge in [-0.3, -0.25) is 4.79 Å². The van der Waals surface area contributed by atoms with E-state index in [1.54, 1.807) is 22.9 Å². The quantitative estimate of drug-likeness (QED) is 0.847. The van der Waals surface area contributed by atoms with Crippen LogP contribution in [0, 0.1) is 0 Å². The zero-order valence-electron chi connectivity index (χ0n) is 10.6. The fourth-order valence-electron chi connectivity index (χ4n) is 1.71. The van der Waals surface area contributed by atoms with Crippen molar-refractivity contribution in [2.45, 2.75) is 26.3 Å². The Labute approximate surface area is 109 Å². The summed E-state index contributed by atoms with van der Waals surface area (Å²) >= 11 is 1.33. The first-order valence-corrected chi connectivity index (χ1v) is 6.45. The van der Waals surface area contributed by atoms with Crippen LogP contribution >= 0.6 is 11.5 Å². The van der Waals surface area contributed by atoms with Crippen molar-refractivity contribution in [2.75, 3.05) is 7.11 Å². The number of pyridine rings is 1. The molecule has 5 nitrogen and oxygen atoms in total. The normalized spacial score (nSPS) is 10.9. The van der Waals surface area contributed by atoms with Crippen LogP contribution in [0.2, 0.25) is 0 Å². The fraction of sp³-hybridized carbons (Fsp3) is 0.417. The summed E-state index contributed by atoms with van der Waals surface area (Å²) in [7, 11) is 1.49. The van der Waals surface area contributed by atoms with Gasteiger partial charge in [0, 0.05) is 6.20 Å². The molecule has 0 saturated heterocycles. The van der Waals surface area contributed by atoms with Gasteiger partial charge >= 0.3 is 0 Å². The van der Waals surface area contributed by atoms with Gasteiger partial charge in [-0.2, -0.15) is 0 Å². The van der Waals surface area contributed by atoms with E-state index >= 15 is 0 Å². The molecule has 0 unspecified atom stereocenters. The van der Waals surface area contributed by atoms with Crippen molar-refractivity contribution in [1.29, 1.82) is 0 Å². The highest BCUT2D eigenvalue weighted by Crippen LogP contribution is 2.20. The van der Waals surface area contributed by atoms with E-state index in [0.717, 1.165) is 10.6 Å². The molecule has 0 aliphatic carbocycles. The second kappa shape index (κ2) is 5.30. The van der Waals surface area contributed by atoms with Gasteiger partial charge < -0.3 is 9.30 Å². The van der Waals surface area contributed by atoms with Crippen LogP contribution in [0.25, 0.3) is 0 Å². The lowest BCUT2D eigenvalue weighted by atomic mass is 10.1. The van der Waals surface area contributed by atoms with E-state index < -0.39 is 0 Å². The standard InChI is InChI=1S/C12H15N3O2S/c1-8(2)11-10(18-14-13-11)7-15-6-4-5-9(17-3)12(15)16/h4-6,8H,7H2,1-3H3. The van der Waals surface area contributed by atoms with Crippen molar-refractivity contribution >= 4 is 11.5 Å². The Hall–Kier alpha value is -1.69. The van der Waals surface area contributed by atoms with Crippen molar-refractivity contribution in [2.24, 2.45) is 0 Å². The molecule has 0 N–H and O–H groups in total. The zero-order valence-corrected chi connectivity index (χ0v) is 11.4. The maximum Gasteiger partial charge on any atom is 0.293 e. The summed E-state index contributed by atoms with van der Waals surface area (Å²) < 4.78 is 10.6. The number of rotatable bonds is 4. The Kier molecular flexibility index (Phi) is 3.76. The second-order valence-electron chi connectivity index (χ2n) is 4.25. The molecule has 6 heteroatoms. The lowest BCUT2D eigenvalue weighted by Gasteiger charge is -2.08. The summed E-state index contributed by atoms with van der Waals surface area (Å²) in [6.45, 7) is 4.62. The highest BCUT2D eigenvalue weighted by atomic mass is 32.1. The molecule has 2 aromatic heterocycles. The Bertz CT molecular complexity index is 589. The van der Waals surface area contributed by atoms with Crippen LogP contribution in [0.1, 0.15) is 30.3 Å². The number of nitrogens with zero attached hydrogens (tertiary/aromatic N) is 3. The molecule has 0 fully saturated rings. The molecule has 18 heavy (non-hydrogen) atoms. The van der Waals surface area contributed by atoms with E-state index in [4.69, 9.17) is 4.74 Å². The topological polar surface area (TPSA) is 57.0 Å². The monoisotopic (exact) mass is 265 g/mol. The van der Waals surface area contributed by atoms with Crippen molar-refractivity contribution < 1.29 is 4.74 Å². The molecule has 0 aromatic carbocycles. The van der Waals surface area contributed by atoms with Gasteiger partial charge in [-0.05, 0) is 29.6 Å². The molecule has 0 amide bonds. The maximum atomic E-state index is 12.0. The molecule has 2 aromatic rings. The third-order valence-corrected chi connectivity index (χ3v) is 3.37.